The highest BCUT2D eigenvalue weighted by atomic mass is 35.5. The second kappa shape index (κ2) is 7.56. The number of carbonyl (C=O) groups is 2. The maximum absolute atomic E-state index is 12.6. The van der Waals surface area contributed by atoms with Crippen LogP contribution in [-0.4, -0.2) is 25.5 Å². The first-order valence-electron chi connectivity index (χ1n) is 8.10. The molecule has 0 aliphatic carbocycles. The van der Waals surface area contributed by atoms with Crippen molar-refractivity contribution in [3.63, 3.8) is 0 Å². The Morgan fingerprint density at radius 3 is 2.77 bits per heavy atom. The van der Waals surface area contributed by atoms with E-state index in [2.05, 4.69) is 5.32 Å². The van der Waals surface area contributed by atoms with Crippen LogP contribution in [0.25, 0.3) is 0 Å². The topological polar surface area (TPSA) is 58.6 Å². The lowest BCUT2D eigenvalue weighted by molar-refractivity contribution is -0.122. The maximum Gasteiger partial charge on any atom is 0.229 e. The molecule has 7 heteroatoms. The van der Waals surface area contributed by atoms with E-state index in [4.69, 9.17) is 27.9 Å². The van der Waals surface area contributed by atoms with E-state index in [1.54, 1.807) is 41.3 Å². The zero-order chi connectivity index (χ0) is 18.8. The van der Waals surface area contributed by atoms with E-state index in [1.165, 1.54) is 7.11 Å². The van der Waals surface area contributed by atoms with Crippen LogP contribution in [0.4, 0.5) is 11.4 Å². The van der Waals surface area contributed by atoms with Crippen LogP contribution < -0.4 is 15.0 Å². The number of hydrogen-bond acceptors (Lipinski definition) is 3. The first-order chi connectivity index (χ1) is 12.4. The lowest BCUT2D eigenvalue weighted by Crippen LogP contribution is -2.28. The molecular weight excluding hydrogens is 375 g/mol. The molecule has 26 heavy (non-hydrogen) atoms. The highest BCUT2D eigenvalue weighted by molar-refractivity contribution is 6.32. The smallest absolute Gasteiger partial charge is 0.229 e. The molecule has 0 saturated carbocycles. The molecule has 0 bridgehead atoms. The first-order valence-corrected chi connectivity index (χ1v) is 8.86. The molecular formula is C19H18Cl2N2O3. The molecule has 3 rings (SSSR count). The van der Waals surface area contributed by atoms with Crippen LogP contribution in [0, 0.1) is 12.8 Å². The fourth-order valence-electron chi connectivity index (χ4n) is 2.97. The fraction of sp³-hybridized carbons (Fsp3) is 0.263. The first kappa shape index (κ1) is 18.5. The molecule has 0 spiro atoms. The number of benzene rings is 2. The number of carbonyl (C=O) groups excluding carboxylic acids is 2. The highest BCUT2D eigenvalue weighted by Crippen LogP contribution is 2.35. The van der Waals surface area contributed by atoms with Gasteiger partial charge in [0.15, 0.2) is 0 Å². The summed E-state index contributed by atoms with van der Waals surface area (Å²) in [7, 11) is 1.53. The molecule has 2 aromatic rings. The van der Waals surface area contributed by atoms with Crippen LogP contribution in [0.3, 0.4) is 0 Å². The molecule has 1 fully saturated rings. The second-order valence-electron chi connectivity index (χ2n) is 6.12. The molecule has 1 atom stereocenters. The van der Waals surface area contributed by atoms with Crippen molar-refractivity contribution in [3.8, 4) is 5.75 Å². The van der Waals surface area contributed by atoms with Crippen molar-refractivity contribution in [1.29, 1.82) is 0 Å². The number of amides is 2. The van der Waals surface area contributed by atoms with Gasteiger partial charge in [0.05, 0.1) is 18.7 Å². The molecule has 1 saturated heterocycles. The number of hydrogen-bond donors (Lipinski definition) is 1. The molecule has 2 amide bonds. The average Bonchev–Trinajstić information content (AvgIpc) is 3.00. The number of halogens is 2. The number of methoxy groups -OCH3 is 1. The van der Waals surface area contributed by atoms with Crippen LogP contribution in [0.1, 0.15) is 12.0 Å². The van der Waals surface area contributed by atoms with Gasteiger partial charge in [-0.2, -0.15) is 0 Å². The van der Waals surface area contributed by atoms with Gasteiger partial charge in [-0.3, -0.25) is 9.59 Å². The van der Waals surface area contributed by atoms with Gasteiger partial charge in [-0.1, -0.05) is 29.3 Å². The third kappa shape index (κ3) is 3.64. The van der Waals surface area contributed by atoms with E-state index in [0.29, 0.717) is 27.2 Å². The summed E-state index contributed by atoms with van der Waals surface area (Å²) in [5.41, 5.74) is 2.01. The van der Waals surface area contributed by atoms with Crippen molar-refractivity contribution in [2.75, 3.05) is 23.9 Å². The summed E-state index contributed by atoms with van der Waals surface area (Å²) in [6, 6.07) is 10.4. The van der Waals surface area contributed by atoms with E-state index in [-0.39, 0.29) is 24.8 Å². The van der Waals surface area contributed by atoms with Gasteiger partial charge in [-0.25, -0.2) is 0 Å². The Balaban J connectivity index is 1.78. The molecule has 1 heterocycles. The van der Waals surface area contributed by atoms with Crippen molar-refractivity contribution >= 4 is 46.4 Å². The number of rotatable bonds is 4. The maximum atomic E-state index is 12.6. The van der Waals surface area contributed by atoms with Crippen LogP contribution in [0.15, 0.2) is 36.4 Å². The Hall–Kier alpha value is -2.24. The molecule has 1 aliphatic rings. The SMILES string of the molecule is COc1ccc(Cl)cc1N1C[C@H](C(=O)Nc2cccc(Cl)c2C)CC1=O. The third-order valence-corrected chi connectivity index (χ3v) is 5.10. The van der Waals surface area contributed by atoms with Crippen LogP contribution in [-0.2, 0) is 9.59 Å². The lowest BCUT2D eigenvalue weighted by Gasteiger charge is -2.20. The Morgan fingerprint density at radius 1 is 1.27 bits per heavy atom. The quantitative estimate of drug-likeness (QED) is 0.843. The zero-order valence-electron chi connectivity index (χ0n) is 14.4. The lowest BCUT2D eigenvalue weighted by atomic mass is 10.1. The van der Waals surface area contributed by atoms with Gasteiger partial charge in [0.1, 0.15) is 5.75 Å². The van der Waals surface area contributed by atoms with Gasteiger partial charge < -0.3 is 15.0 Å². The standard InChI is InChI=1S/C19H18Cl2N2O3/c1-11-14(21)4-3-5-15(11)22-19(25)12-8-18(24)23(10-12)16-9-13(20)6-7-17(16)26-2/h3-7,9,12H,8,10H2,1-2H3,(H,22,25)/t12-/m1/s1. The van der Waals surface area contributed by atoms with E-state index in [1.807, 2.05) is 6.92 Å². The Labute approximate surface area is 161 Å². The van der Waals surface area contributed by atoms with Gasteiger partial charge in [0.2, 0.25) is 11.8 Å². The predicted octanol–water partition coefficient (Wildman–Crippen LogP) is 4.30. The predicted molar refractivity (Wildman–Crippen MR) is 103 cm³/mol. The summed E-state index contributed by atoms with van der Waals surface area (Å²) in [4.78, 5) is 26.6. The zero-order valence-corrected chi connectivity index (χ0v) is 15.9. The summed E-state index contributed by atoms with van der Waals surface area (Å²) in [5, 5.41) is 3.94. The summed E-state index contributed by atoms with van der Waals surface area (Å²) >= 11 is 12.1. The summed E-state index contributed by atoms with van der Waals surface area (Å²) in [6.07, 6.45) is 0.126. The second-order valence-corrected chi connectivity index (χ2v) is 6.97. The average molecular weight is 393 g/mol. The molecule has 0 aromatic heterocycles. The Kier molecular flexibility index (Phi) is 5.39. The Morgan fingerprint density at radius 2 is 2.04 bits per heavy atom. The van der Waals surface area contributed by atoms with Crippen LogP contribution in [0.2, 0.25) is 10.0 Å². The van der Waals surface area contributed by atoms with Crippen molar-refractivity contribution < 1.29 is 14.3 Å². The number of ether oxygens (including phenoxy) is 1. The number of nitrogens with zero attached hydrogens (tertiary/aromatic N) is 1. The summed E-state index contributed by atoms with van der Waals surface area (Å²) in [5.74, 6) is -0.292. The highest BCUT2D eigenvalue weighted by Gasteiger charge is 2.36. The van der Waals surface area contributed by atoms with Crippen LogP contribution in [0.5, 0.6) is 5.75 Å². The molecule has 136 valence electrons. The van der Waals surface area contributed by atoms with Gasteiger partial charge in [0, 0.05) is 28.7 Å². The summed E-state index contributed by atoms with van der Waals surface area (Å²) in [6.45, 7) is 2.10. The molecule has 5 nitrogen and oxygen atoms in total. The normalized spacial score (nSPS) is 16.7. The number of nitrogens with one attached hydrogen (secondary N) is 1. The summed E-state index contributed by atoms with van der Waals surface area (Å²) < 4.78 is 5.31. The van der Waals surface area contributed by atoms with Crippen molar-refractivity contribution in [3.05, 3.63) is 52.0 Å². The van der Waals surface area contributed by atoms with E-state index in [0.717, 1.165) is 5.56 Å². The van der Waals surface area contributed by atoms with Crippen molar-refractivity contribution in [2.45, 2.75) is 13.3 Å². The van der Waals surface area contributed by atoms with Gasteiger partial charge >= 0.3 is 0 Å². The minimum Gasteiger partial charge on any atom is -0.495 e. The molecule has 1 aliphatic heterocycles. The van der Waals surface area contributed by atoms with E-state index >= 15 is 0 Å². The minimum atomic E-state index is -0.468. The van der Waals surface area contributed by atoms with Gasteiger partial charge in [-0.15, -0.1) is 0 Å². The van der Waals surface area contributed by atoms with E-state index in [9.17, 15) is 9.59 Å². The molecule has 0 unspecified atom stereocenters. The van der Waals surface area contributed by atoms with Gasteiger partial charge in [0.25, 0.3) is 0 Å². The molecule has 2 aromatic carbocycles. The van der Waals surface area contributed by atoms with E-state index < -0.39 is 5.92 Å². The molecule has 1 N–H and O–H groups in total. The van der Waals surface area contributed by atoms with Crippen molar-refractivity contribution in [2.24, 2.45) is 5.92 Å². The van der Waals surface area contributed by atoms with Crippen molar-refractivity contribution in [1.82, 2.24) is 0 Å². The largest absolute Gasteiger partial charge is 0.495 e. The number of anilines is 2. The fourth-order valence-corrected chi connectivity index (χ4v) is 3.31. The Bertz CT molecular complexity index is 870. The minimum absolute atomic E-state index is 0.126. The van der Waals surface area contributed by atoms with Gasteiger partial charge in [-0.05, 0) is 42.8 Å². The molecule has 0 radical (unpaired) electrons. The third-order valence-electron chi connectivity index (χ3n) is 4.45. The van der Waals surface area contributed by atoms with Crippen LogP contribution >= 0.6 is 23.2 Å². The monoisotopic (exact) mass is 392 g/mol.